The van der Waals surface area contributed by atoms with Crippen molar-refractivity contribution >= 4 is 33.5 Å². The van der Waals surface area contributed by atoms with Crippen molar-refractivity contribution in [3.63, 3.8) is 0 Å². The number of hydrogen-bond donors (Lipinski definition) is 3. The average molecular weight is 497 g/mol. The quantitative estimate of drug-likeness (QED) is 0.241. The fourth-order valence-electron chi connectivity index (χ4n) is 5.34. The van der Waals surface area contributed by atoms with Gasteiger partial charge in [-0.1, -0.05) is 45.0 Å². The van der Waals surface area contributed by atoms with Crippen molar-refractivity contribution in [1.82, 2.24) is 14.5 Å². The van der Waals surface area contributed by atoms with E-state index in [1.165, 1.54) is 0 Å². The maximum atomic E-state index is 8.06. The molecule has 1 fully saturated rings. The van der Waals surface area contributed by atoms with Crippen LogP contribution in [-0.2, 0) is 5.41 Å². The highest BCUT2D eigenvalue weighted by atomic mass is 16.5. The summed E-state index contributed by atoms with van der Waals surface area (Å²) in [6, 6.07) is 16.3. The van der Waals surface area contributed by atoms with E-state index in [1.54, 1.807) is 0 Å². The normalized spacial score (nSPS) is 14.9. The van der Waals surface area contributed by atoms with Gasteiger partial charge in [0, 0.05) is 47.9 Å². The van der Waals surface area contributed by atoms with Gasteiger partial charge >= 0.3 is 0 Å². The largest absolute Gasteiger partial charge is 0.490 e. The summed E-state index contributed by atoms with van der Waals surface area (Å²) in [5.41, 5.74) is 10.5. The number of amidine groups is 2. The Morgan fingerprint density at radius 3 is 2.30 bits per heavy atom. The van der Waals surface area contributed by atoms with Gasteiger partial charge in [0.1, 0.15) is 23.5 Å². The third-order valence-corrected chi connectivity index (χ3v) is 7.34. The van der Waals surface area contributed by atoms with Crippen LogP contribution in [0.5, 0.6) is 5.75 Å². The van der Waals surface area contributed by atoms with Gasteiger partial charge in [-0.3, -0.25) is 15.4 Å². The molecule has 0 atom stereocenters. The summed E-state index contributed by atoms with van der Waals surface area (Å²) in [7, 11) is 0. The SMILES string of the molecule is CC(=N)N1CCC(Oc2ccc3c(nc(C(C)(C)C)n3-c3ccc(C(=N)N)c4ccccc34)c2C)CC1. The molecule has 7 nitrogen and oxygen atoms in total. The van der Waals surface area contributed by atoms with Crippen LogP contribution in [0.4, 0.5) is 0 Å². The molecule has 1 aliphatic rings. The lowest BCUT2D eigenvalue weighted by molar-refractivity contribution is 0.130. The number of nitrogens with zero attached hydrogens (tertiary/aromatic N) is 3. The van der Waals surface area contributed by atoms with E-state index in [0.717, 1.165) is 76.1 Å². The maximum Gasteiger partial charge on any atom is 0.124 e. The van der Waals surface area contributed by atoms with Crippen LogP contribution in [0, 0.1) is 17.7 Å². The molecule has 37 heavy (non-hydrogen) atoms. The first kappa shape index (κ1) is 24.8. The van der Waals surface area contributed by atoms with Crippen molar-refractivity contribution in [1.29, 1.82) is 10.8 Å². The van der Waals surface area contributed by atoms with Crippen LogP contribution in [-0.4, -0.2) is 45.3 Å². The number of aromatic nitrogens is 2. The summed E-state index contributed by atoms with van der Waals surface area (Å²) in [4.78, 5) is 7.30. The number of rotatable bonds is 4. The average Bonchev–Trinajstić information content (AvgIpc) is 3.26. The van der Waals surface area contributed by atoms with E-state index in [9.17, 15) is 0 Å². The Bertz CT molecular complexity index is 1520. The number of hydrogen-bond acceptors (Lipinski definition) is 4. The van der Waals surface area contributed by atoms with Gasteiger partial charge in [0.25, 0.3) is 0 Å². The van der Waals surface area contributed by atoms with E-state index in [0.29, 0.717) is 5.84 Å². The molecule has 2 heterocycles. The summed E-state index contributed by atoms with van der Waals surface area (Å²) in [6.07, 6.45) is 1.95. The van der Waals surface area contributed by atoms with Gasteiger partial charge in [0.05, 0.1) is 22.6 Å². The van der Waals surface area contributed by atoms with Gasteiger partial charge in [-0.25, -0.2) is 4.98 Å². The minimum atomic E-state index is -0.204. The molecule has 0 unspecified atom stereocenters. The lowest BCUT2D eigenvalue weighted by atomic mass is 9.95. The zero-order valence-corrected chi connectivity index (χ0v) is 22.4. The minimum absolute atomic E-state index is 0.0635. The molecule has 1 saturated heterocycles. The Morgan fingerprint density at radius 2 is 1.68 bits per heavy atom. The number of nitrogens with two attached hydrogens (primary N) is 1. The summed E-state index contributed by atoms with van der Waals surface area (Å²) in [5.74, 6) is 2.53. The van der Waals surface area contributed by atoms with E-state index in [2.05, 4.69) is 55.4 Å². The molecule has 192 valence electrons. The Hall–Kier alpha value is -3.87. The number of likely N-dealkylation sites (tertiary alicyclic amines) is 1. The van der Waals surface area contributed by atoms with Crippen molar-refractivity contribution in [2.24, 2.45) is 5.73 Å². The number of nitrogen functional groups attached to an aromatic ring is 1. The highest BCUT2D eigenvalue weighted by molar-refractivity contribution is 6.10. The van der Waals surface area contributed by atoms with E-state index >= 15 is 0 Å². The van der Waals surface area contributed by atoms with Gasteiger partial charge < -0.3 is 15.4 Å². The van der Waals surface area contributed by atoms with Gasteiger partial charge in [-0.2, -0.15) is 0 Å². The molecule has 0 radical (unpaired) electrons. The first-order valence-corrected chi connectivity index (χ1v) is 12.9. The fraction of sp³-hybridized carbons (Fsp3) is 0.367. The molecule has 4 N–H and O–H groups in total. The van der Waals surface area contributed by atoms with Crippen molar-refractivity contribution < 1.29 is 4.74 Å². The molecule has 1 aliphatic heterocycles. The Morgan fingerprint density at radius 1 is 1.00 bits per heavy atom. The molecular formula is C30H36N6O. The number of imidazole rings is 1. The molecule has 0 amide bonds. The topological polar surface area (TPSA) is 104 Å². The fourth-order valence-corrected chi connectivity index (χ4v) is 5.34. The third kappa shape index (κ3) is 4.43. The van der Waals surface area contributed by atoms with Crippen LogP contribution < -0.4 is 10.5 Å². The van der Waals surface area contributed by atoms with Crippen molar-refractivity contribution in [3.05, 3.63) is 65.5 Å². The first-order valence-electron chi connectivity index (χ1n) is 12.9. The number of nitrogens with one attached hydrogen (secondary N) is 2. The lowest BCUT2D eigenvalue weighted by Crippen LogP contribution is -2.40. The zero-order valence-electron chi connectivity index (χ0n) is 22.4. The smallest absolute Gasteiger partial charge is 0.124 e. The van der Waals surface area contributed by atoms with Gasteiger partial charge in [0.2, 0.25) is 0 Å². The molecule has 0 spiro atoms. The molecule has 5 rings (SSSR count). The third-order valence-electron chi connectivity index (χ3n) is 7.34. The zero-order chi connectivity index (χ0) is 26.5. The van der Waals surface area contributed by atoms with Crippen LogP contribution in [0.3, 0.4) is 0 Å². The summed E-state index contributed by atoms with van der Waals surface area (Å²) >= 11 is 0. The number of aryl methyl sites for hydroxylation is 1. The lowest BCUT2D eigenvalue weighted by Gasteiger charge is -2.33. The molecule has 4 aromatic rings. The summed E-state index contributed by atoms with van der Waals surface area (Å²) in [5, 5.41) is 17.9. The summed E-state index contributed by atoms with van der Waals surface area (Å²) in [6.45, 7) is 12.2. The monoisotopic (exact) mass is 496 g/mol. The molecule has 0 aliphatic carbocycles. The van der Waals surface area contributed by atoms with Crippen molar-refractivity contribution in [2.45, 2.75) is 59.0 Å². The minimum Gasteiger partial charge on any atom is -0.490 e. The van der Waals surface area contributed by atoms with Gasteiger partial charge in [0.15, 0.2) is 0 Å². The number of piperidine rings is 1. The molecule has 0 bridgehead atoms. The number of ether oxygens (including phenoxy) is 1. The Kier molecular flexibility index (Phi) is 6.18. The van der Waals surface area contributed by atoms with E-state index in [-0.39, 0.29) is 17.4 Å². The van der Waals surface area contributed by atoms with Crippen LogP contribution in [0.15, 0.2) is 48.5 Å². The van der Waals surface area contributed by atoms with Crippen molar-refractivity contribution in [2.75, 3.05) is 13.1 Å². The first-order chi connectivity index (χ1) is 17.6. The van der Waals surface area contributed by atoms with Gasteiger partial charge in [-0.05, 0) is 43.5 Å². The number of fused-ring (bicyclic) bond motifs is 2. The van der Waals surface area contributed by atoms with Crippen LogP contribution in [0.1, 0.15) is 57.5 Å². The molecular weight excluding hydrogens is 460 g/mol. The highest BCUT2D eigenvalue weighted by Gasteiger charge is 2.27. The molecule has 0 saturated carbocycles. The molecule has 1 aromatic heterocycles. The summed E-state index contributed by atoms with van der Waals surface area (Å²) < 4.78 is 8.74. The Balaban J connectivity index is 1.63. The van der Waals surface area contributed by atoms with Crippen LogP contribution in [0.25, 0.3) is 27.5 Å². The van der Waals surface area contributed by atoms with Gasteiger partial charge in [-0.15, -0.1) is 0 Å². The predicted molar refractivity (Wildman–Crippen MR) is 152 cm³/mol. The number of benzene rings is 3. The maximum absolute atomic E-state index is 8.06. The van der Waals surface area contributed by atoms with E-state index < -0.39 is 0 Å². The van der Waals surface area contributed by atoms with Crippen LogP contribution >= 0.6 is 0 Å². The highest BCUT2D eigenvalue weighted by Crippen LogP contribution is 2.37. The van der Waals surface area contributed by atoms with Crippen LogP contribution in [0.2, 0.25) is 0 Å². The second-order valence-electron chi connectivity index (χ2n) is 11.1. The standard InChI is InChI=1S/C30H36N6O/c1-18-26(37-20-14-16-35(17-15-20)19(2)31)13-12-25-27(18)34-29(30(3,4)5)36(25)24-11-10-23(28(32)33)21-8-6-7-9-22(21)24/h6-13,20,31H,14-17H2,1-5H3,(H3,32,33). The van der Waals surface area contributed by atoms with E-state index in [4.69, 9.17) is 26.3 Å². The molecule has 7 heteroatoms. The van der Waals surface area contributed by atoms with Crippen molar-refractivity contribution in [3.8, 4) is 11.4 Å². The second-order valence-corrected chi connectivity index (χ2v) is 11.1. The molecule has 3 aromatic carbocycles. The Labute approximate surface area is 218 Å². The van der Waals surface area contributed by atoms with E-state index in [1.807, 2.05) is 37.3 Å². The predicted octanol–water partition coefficient (Wildman–Crippen LogP) is 5.91. The second kappa shape index (κ2) is 9.21.